The van der Waals surface area contributed by atoms with Crippen LogP contribution < -0.4 is 5.73 Å². The number of nitrogen functional groups attached to an aromatic ring is 1. The number of nitrogens with zero attached hydrogens (tertiary/aromatic N) is 1. The number of hydrogen-bond acceptors (Lipinski definition) is 4. The molecule has 0 saturated carbocycles. The monoisotopic (exact) mass is 264 g/mol. The van der Waals surface area contributed by atoms with Gasteiger partial charge < -0.3 is 10.3 Å². The van der Waals surface area contributed by atoms with E-state index >= 15 is 0 Å². The van der Waals surface area contributed by atoms with Gasteiger partial charge in [0.05, 0.1) is 0 Å². The molecule has 4 nitrogen and oxygen atoms in total. The molecule has 2 aromatic carbocycles. The van der Waals surface area contributed by atoms with Gasteiger partial charge in [-0.1, -0.05) is 47.6 Å². The average molecular weight is 264 g/mol. The van der Waals surface area contributed by atoms with Gasteiger partial charge in [0.2, 0.25) is 5.88 Å². The van der Waals surface area contributed by atoms with Crippen LogP contribution in [0, 0.1) is 0 Å². The Bertz CT molecular complexity index is 745. The second-order valence-electron chi connectivity index (χ2n) is 4.44. The molecule has 0 aliphatic heterocycles. The predicted molar refractivity (Wildman–Crippen MR) is 77.2 cm³/mol. The molecule has 98 valence electrons. The molecule has 0 bridgehead atoms. The van der Waals surface area contributed by atoms with Gasteiger partial charge in [-0.3, -0.25) is 4.79 Å². The Morgan fingerprint density at radius 1 is 0.950 bits per heavy atom. The van der Waals surface area contributed by atoms with Crippen molar-refractivity contribution >= 4 is 12.2 Å². The maximum Gasteiger partial charge on any atom is 0.222 e. The van der Waals surface area contributed by atoms with Crippen molar-refractivity contribution in [2.24, 2.45) is 0 Å². The van der Waals surface area contributed by atoms with Crippen molar-refractivity contribution in [3.63, 3.8) is 0 Å². The quantitative estimate of drug-likeness (QED) is 0.736. The molecule has 0 spiro atoms. The summed E-state index contributed by atoms with van der Waals surface area (Å²) in [5.41, 5.74) is 9.91. The Kier molecular flexibility index (Phi) is 3.05. The highest BCUT2D eigenvalue weighted by Crippen LogP contribution is 2.26. The molecule has 0 atom stereocenters. The van der Waals surface area contributed by atoms with E-state index in [1.54, 1.807) is 18.2 Å². The molecule has 0 fully saturated rings. The van der Waals surface area contributed by atoms with E-state index in [-0.39, 0.29) is 0 Å². The summed E-state index contributed by atoms with van der Waals surface area (Å²) in [4.78, 5) is 10.7. The summed E-state index contributed by atoms with van der Waals surface area (Å²) in [6.07, 6.45) is 0.832. The van der Waals surface area contributed by atoms with Crippen LogP contribution in [0.3, 0.4) is 0 Å². The zero-order valence-electron chi connectivity index (χ0n) is 10.6. The Morgan fingerprint density at radius 3 is 2.35 bits per heavy atom. The van der Waals surface area contributed by atoms with Crippen molar-refractivity contribution in [2.45, 2.75) is 0 Å². The van der Waals surface area contributed by atoms with Crippen LogP contribution in [-0.2, 0) is 0 Å². The number of rotatable bonds is 3. The first-order valence-electron chi connectivity index (χ1n) is 6.14. The van der Waals surface area contributed by atoms with Crippen molar-refractivity contribution in [1.82, 2.24) is 5.16 Å². The molecule has 0 saturated heterocycles. The third-order valence-electron chi connectivity index (χ3n) is 3.07. The molecule has 0 aliphatic rings. The lowest BCUT2D eigenvalue weighted by Gasteiger charge is -2.04. The van der Waals surface area contributed by atoms with Crippen molar-refractivity contribution in [3.8, 4) is 22.4 Å². The third-order valence-corrected chi connectivity index (χ3v) is 3.07. The summed E-state index contributed by atoms with van der Waals surface area (Å²) in [6.45, 7) is 0. The molecule has 1 aromatic heterocycles. The van der Waals surface area contributed by atoms with Gasteiger partial charge in [-0.15, -0.1) is 0 Å². The second-order valence-corrected chi connectivity index (χ2v) is 4.44. The van der Waals surface area contributed by atoms with Crippen LogP contribution >= 0.6 is 0 Å². The predicted octanol–water partition coefficient (Wildman–Crippen LogP) is 3.40. The number of nitrogens with two attached hydrogens (primary N) is 1. The van der Waals surface area contributed by atoms with E-state index in [0.29, 0.717) is 17.1 Å². The number of anilines is 1. The SMILES string of the molecule is Nc1cc(-c2cccc(-c3ccc(C=O)cc3)c2)no1. The molecule has 4 heteroatoms. The zero-order chi connectivity index (χ0) is 13.9. The minimum atomic E-state index is 0.292. The fraction of sp³-hybridized carbons (Fsp3) is 0. The van der Waals surface area contributed by atoms with Crippen molar-refractivity contribution < 1.29 is 9.32 Å². The molecule has 20 heavy (non-hydrogen) atoms. The maximum atomic E-state index is 10.7. The summed E-state index contributed by atoms with van der Waals surface area (Å²) in [5, 5.41) is 3.90. The number of carbonyl (C=O) groups excluding carboxylic acids is 1. The van der Waals surface area contributed by atoms with Gasteiger partial charge in [-0.25, -0.2) is 0 Å². The van der Waals surface area contributed by atoms with Gasteiger partial charge >= 0.3 is 0 Å². The fourth-order valence-corrected chi connectivity index (χ4v) is 2.04. The average Bonchev–Trinajstić information content (AvgIpc) is 2.94. The van der Waals surface area contributed by atoms with Crippen LogP contribution in [-0.4, -0.2) is 11.4 Å². The topological polar surface area (TPSA) is 69.1 Å². The Hall–Kier alpha value is -2.88. The van der Waals surface area contributed by atoms with E-state index in [4.69, 9.17) is 10.3 Å². The standard InChI is InChI=1S/C16H12N2O2/c17-16-9-15(18-20-16)14-3-1-2-13(8-14)12-6-4-11(10-19)5-7-12/h1-10H,17H2. The minimum absolute atomic E-state index is 0.292. The number of aromatic nitrogens is 1. The molecule has 2 N–H and O–H groups in total. The van der Waals surface area contributed by atoms with Crippen molar-refractivity contribution in [1.29, 1.82) is 0 Å². The molecule has 0 radical (unpaired) electrons. The van der Waals surface area contributed by atoms with Crippen LogP contribution in [0.1, 0.15) is 10.4 Å². The molecule has 3 aromatic rings. The summed E-state index contributed by atoms with van der Waals surface area (Å²) in [6, 6.07) is 17.0. The Morgan fingerprint density at radius 2 is 1.70 bits per heavy atom. The highest BCUT2D eigenvalue weighted by Gasteiger charge is 2.06. The van der Waals surface area contributed by atoms with Gasteiger partial charge in [0, 0.05) is 17.2 Å². The van der Waals surface area contributed by atoms with Gasteiger partial charge in [-0.05, 0) is 17.2 Å². The van der Waals surface area contributed by atoms with Crippen LogP contribution in [0.25, 0.3) is 22.4 Å². The third kappa shape index (κ3) is 2.31. The number of aldehydes is 1. The van der Waals surface area contributed by atoms with Crippen LogP contribution in [0.5, 0.6) is 0 Å². The highest BCUT2D eigenvalue weighted by atomic mass is 16.5. The molecule has 0 amide bonds. The van der Waals surface area contributed by atoms with E-state index in [2.05, 4.69) is 5.16 Å². The first-order chi connectivity index (χ1) is 9.76. The van der Waals surface area contributed by atoms with Gasteiger partial charge in [-0.2, -0.15) is 0 Å². The summed E-state index contributed by atoms with van der Waals surface area (Å²) < 4.78 is 4.88. The number of carbonyl (C=O) groups is 1. The van der Waals surface area contributed by atoms with Crippen LogP contribution in [0.15, 0.2) is 59.1 Å². The first kappa shape index (κ1) is 12.2. The van der Waals surface area contributed by atoms with Crippen molar-refractivity contribution in [3.05, 3.63) is 60.2 Å². The van der Waals surface area contributed by atoms with Gasteiger partial charge in [0.1, 0.15) is 12.0 Å². The van der Waals surface area contributed by atoms with Gasteiger partial charge in [0.25, 0.3) is 0 Å². The van der Waals surface area contributed by atoms with Crippen LogP contribution in [0.2, 0.25) is 0 Å². The normalized spacial score (nSPS) is 10.4. The van der Waals surface area contributed by atoms with E-state index in [0.717, 1.165) is 23.0 Å². The molecular weight excluding hydrogens is 252 g/mol. The Balaban J connectivity index is 2.00. The molecule has 1 heterocycles. The van der Waals surface area contributed by atoms with E-state index in [1.165, 1.54) is 0 Å². The van der Waals surface area contributed by atoms with Crippen molar-refractivity contribution in [2.75, 3.05) is 5.73 Å². The van der Waals surface area contributed by atoms with E-state index in [9.17, 15) is 4.79 Å². The smallest absolute Gasteiger partial charge is 0.222 e. The summed E-state index contributed by atoms with van der Waals surface area (Å²) in [7, 11) is 0. The minimum Gasteiger partial charge on any atom is -0.368 e. The first-order valence-corrected chi connectivity index (χ1v) is 6.14. The van der Waals surface area contributed by atoms with Crippen LogP contribution in [0.4, 0.5) is 5.88 Å². The molecular formula is C16H12N2O2. The number of hydrogen-bond donors (Lipinski definition) is 1. The maximum absolute atomic E-state index is 10.7. The summed E-state index contributed by atoms with van der Waals surface area (Å²) >= 11 is 0. The lowest BCUT2D eigenvalue weighted by atomic mass is 10.0. The van der Waals surface area contributed by atoms with E-state index in [1.807, 2.05) is 36.4 Å². The highest BCUT2D eigenvalue weighted by molar-refractivity contribution is 5.78. The fourth-order valence-electron chi connectivity index (χ4n) is 2.04. The zero-order valence-corrected chi connectivity index (χ0v) is 10.6. The van der Waals surface area contributed by atoms with E-state index < -0.39 is 0 Å². The number of benzene rings is 2. The second kappa shape index (κ2) is 5.01. The largest absolute Gasteiger partial charge is 0.368 e. The summed E-state index contributed by atoms with van der Waals surface area (Å²) in [5.74, 6) is 0.292. The molecule has 0 aliphatic carbocycles. The lowest BCUT2D eigenvalue weighted by molar-refractivity contribution is 0.112. The molecule has 0 unspecified atom stereocenters. The lowest BCUT2D eigenvalue weighted by Crippen LogP contribution is -1.83. The molecule has 3 rings (SSSR count). The van der Waals surface area contributed by atoms with Gasteiger partial charge in [0.15, 0.2) is 0 Å². The Labute approximate surface area is 115 Å².